The summed E-state index contributed by atoms with van der Waals surface area (Å²) in [5, 5.41) is 12.5. The Bertz CT molecular complexity index is 353. The van der Waals surface area contributed by atoms with Crippen molar-refractivity contribution >= 4 is 5.69 Å². The van der Waals surface area contributed by atoms with Crippen molar-refractivity contribution in [3.05, 3.63) is 29.8 Å². The maximum Gasteiger partial charge on any atom is 0.101 e. The largest absolute Gasteiger partial charge is 0.394 e. The summed E-state index contributed by atoms with van der Waals surface area (Å²) >= 11 is 0. The molecule has 0 saturated carbocycles. The molecule has 2 aliphatic rings. The molecule has 0 aliphatic carbocycles. The molecule has 2 N–H and O–H groups in total. The zero-order valence-electron chi connectivity index (χ0n) is 7.81. The number of aliphatic hydroxyl groups excluding tert-OH is 1. The van der Waals surface area contributed by atoms with Gasteiger partial charge in [-0.3, -0.25) is 0 Å². The summed E-state index contributed by atoms with van der Waals surface area (Å²) in [6.45, 7) is 0.0994. The van der Waals surface area contributed by atoms with Crippen LogP contribution in [0.3, 0.4) is 0 Å². The van der Waals surface area contributed by atoms with Gasteiger partial charge in [0.1, 0.15) is 6.10 Å². The standard InChI is InChI=1S/C11H13NO2/c13-6-11-9-5-10(14-11)7-3-1-2-4-8(7)12-9/h1-4,9-13H,5-6H2. The van der Waals surface area contributed by atoms with Gasteiger partial charge in [-0.15, -0.1) is 0 Å². The van der Waals surface area contributed by atoms with E-state index in [2.05, 4.69) is 17.4 Å². The van der Waals surface area contributed by atoms with E-state index in [1.807, 2.05) is 12.1 Å². The Balaban J connectivity index is 1.99. The van der Waals surface area contributed by atoms with Gasteiger partial charge in [0.15, 0.2) is 0 Å². The number of nitrogens with one attached hydrogen (secondary N) is 1. The number of para-hydroxylation sites is 1. The van der Waals surface area contributed by atoms with Gasteiger partial charge < -0.3 is 15.2 Å². The van der Waals surface area contributed by atoms with Crippen LogP contribution in [0.1, 0.15) is 18.1 Å². The van der Waals surface area contributed by atoms with Crippen molar-refractivity contribution in [3.8, 4) is 0 Å². The fraction of sp³-hybridized carbons (Fsp3) is 0.455. The first kappa shape index (κ1) is 8.26. The zero-order valence-corrected chi connectivity index (χ0v) is 7.81. The van der Waals surface area contributed by atoms with E-state index in [9.17, 15) is 0 Å². The normalized spacial score (nSPS) is 33.6. The van der Waals surface area contributed by atoms with Crippen LogP contribution in [0.5, 0.6) is 0 Å². The molecule has 3 heteroatoms. The maximum absolute atomic E-state index is 9.13. The maximum atomic E-state index is 9.13. The number of anilines is 1. The predicted octanol–water partition coefficient (Wildman–Crippen LogP) is 1.30. The van der Waals surface area contributed by atoms with Crippen molar-refractivity contribution in [1.82, 2.24) is 0 Å². The zero-order chi connectivity index (χ0) is 9.54. The number of aliphatic hydroxyl groups is 1. The first-order chi connectivity index (χ1) is 6.88. The van der Waals surface area contributed by atoms with E-state index in [0.29, 0.717) is 0 Å². The van der Waals surface area contributed by atoms with Crippen LogP contribution < -0.4 is 5.32 Å². The molecule has 14 heavy (non-hydrogen) atoms. The molecule has 1 aromatic carbocycles. The lowest BCUT2D eigenvalue weighted by Crippen LogP contribution is -2.32. The number of hydrogen-bond donors (Lipinski definition) is 2. The molecule has 1 aromatic rings. The molecule has 2 aliphatic heterocycles. The van der Waals surface area contributed by atoms with Crippen molar-refractivity contribution in [2.45, 2.75) is 24.7 Å². The summed E-state index contributed by atoms with van der Waals surface area (Å²) in [6, 6.07) is 8.47. The van der Waals surface area contributed by atoms with E-state index in [0.717, 1.165) is 12.1 Å². The van der Waals surface area contributed by atoms with Gasteiger partial charge in [0.2, 0.25) is 0 Å². The Labute approximate surface area is 82.7 Å². The van der Waals surface area contributed by atoms with Crippen molar-refractivity contribution in [2.75, 3.05) is 11.9 Å². The summed E-state index contributed by atoms with van der Waals surface area (Å²) in [6.07, 6.45) is 1.10. The molecular formula is C11H13NO2. The smallest absolute Gasteiger partial charge is 0.101 e. The van der Waals surface area contributed by atoms with Gasteiger partial charge >= 0.3 is 0 Å². The van der Waals surface area contributed by atoms with Gasteiger partial charge in [0.25, 0.3) is 0 Å². The fourth-order valence-electron chi connectivity index (χ4n) is 2.38. The second kappa shape index (κ2) is 2.97. The minimum atomic E-state index is -0.0487. The average molecular weight is 191 g/mol. The van der Waals surface area contributed by atoms with E-state index in [1.165, 1.54) is 5.56 Å². The Kier molecular flexibility index (Phi) is 1.75. The monoisotopic (exact) mass is 191 g/mol. The van der Waals surface area contributed by atoms with Gasteiger partial charge in [-0.25, -0.2) is 0 Å². The Morgan fingerprint density at radius 1 is 1.43 bits per heavy atom. The lowest BCUT2D eigenvalue weighted by molar-refractivity contribution is 0.0113. The highest BCUT2D eigenvalue weighted by atomic mass is 16.5. The summed E-state index contributed by atoms with van der Waals surface area (Å²) in [5.74, 6) is 0. The van der Waals surface area contributed by atoms with Gasteiger partial charge in [-0.05, 0) is 6.07 Å². The summed E-state index contributed by atoms with van der Waals surface area (Å²) in [4.78, 5) is 0. The van der Waals surface area contributed by atoms with E-state index < -0.39 is 0 Å². The highest BCUT2D eigenvalue weighted by molar-refractivity contribution is 5.56. The number of benzene rings is 1. The summed E-state index contributed by atoms with van der Waals surface area (Å²) in [7, 11) is 0. The molecular weight excluding hydrogens is 178 g/mol. The predicted molar refractivity (Wildman–Crippen MR) is 53.2 cm³/mol. The molecule has 3 rings (SSSR count). The molecule has 0 aromatic heterocycles. The van der Waals surface area contributed by atoms with Gasteiger partial charge in [-0.2, -0.15) is 0 Å². The Hall–Kier alpha value is -1.06. The third-order valence-electron chi connectivity index (χ3n) is 3.08. The fourth-order valence-corrected chi connectivity index (χ4v) is 2.38. The average Bonchev–Trinajstić information content (AvgIpc) is 2.57. The Morgan fingerprint density at radius 3 is 3.14 bits per heavy atom. The first-order valence-electron chi connectivity index (χ1n) is 5.00. The van der Waals surface area contributed by atoms with Crippen molar-refractivity contribution in [1.29, 1.82) is 0 Å². The molecule has 3 atom stereocenters. The van der Waals surface area contributed by atoms with Crippen LogP contribution in [-0.2, 0) is 4.74 Å². The van der Waals surface area contributed by atoms with Crippen LogP contribution in [0.2, 0.25) is 0 Å². The van der Waals surface area contributed by atoms with Gasteiger partial charge in [-0.1, -0.05) is 18.2 Å². The quantitative estimate of drug-likeness (QED) is 0.703. The highest BCUT2D eigenvalue weighted by Crippen LogP contribution is 2.42. The second-order valence-corrected chi connectivity index (χ2v) is 3.92. The third-order valence-corrected chi connectivity index (χ3v) is 3.08. The number of fused-ring (bicyclic) bond motifs is 4. The molecule has 3 nitrogen and oxygen atoms in total. The van der Waals surface area contributed by atoms with Crippen LogP contribution in [0.4, 0.5) is 5.69 Å². The van der Waals surface area contributed by atoms with E-state index >= 15 is 0 Å². The summed E-state index contributed by atoms with van der Waals surface area (Å²) < 4.78 is 5.75. The summed E-state index contributed by atoms with van der Waals surface area (Å²) in [5.41, 5.74) is 2.38. The molecule has 1 fully saturated rings. The Morgan fingerprint density at radius 2 is 2.29 bits per heavy atom. The number of ether oxygens (including phenoxy) is 1. The second-order valence-electron chi connectivity index (χ2n) is 3.92. The van der Waals surface area contributed by atoms with Gasteiger partial charge in [0.05, 0.1) is 18.8 Å². The minimum absolute atomic E-state index is 0.0487. The number of hydrogen-bond acceptors (Lipinski definition) is 3. The lowest BCUT2D eigenvalue weighted by Gasteiger charge is -2.23. The van der Waals surface area contributed by atoms with E-state index in [1.54, 1.807) is 0 Å². The lowest BCUT2D eigenvalue weighted by atomic mass is 9.96. The van der Waals surface area contributed by atoms with Crippen LogP contribution in [0.15, 0.2) is 24.3 Å². The van der Waals surface area contributed by atoms with E-state index in [4.69, 9.17) is 9.84 Å². The van der Waals surface area contributed by atoms with E-state index in [-0.39, 0.29) is 24.9 Å². The van der Waals surface area contributed by atoms with Crippen LogP contribution in [-0.4, -0.2) is 23.9 Å². The SMILES string of the molecule is OCC1OC2CC1Nc1ccccc12. The van der Waals surface area contributed by atoms with Crippen LogP contribution in [0, 0.1) is 0 Å². The first-order valence-corrected chi connectivity index (χ1v) is 5.00. The molecule has 0 amide bonds. The molecule has 1 saturated heterocycles. The third kappa shape index (κ3) is 1.06. The highest BCUT2D eigenvalue weighted by Gasteiger charge is 2.40. The minimum Gasteiger partial charge on any atom is -0.394 e. The van der Waals surface area contributed by atoms with Crippen molar-refractivity contribution < 1.29 is 9.84 Å². The molecule has 3 unspecified atom stereocenters. The van der Waals surface area contributed by atoms with Crippen molar-refractivity contribution in [2.24, 2.45) is 0 Å². The van der Waals surface area contributed by atoms with Crippen molar-refractivity contribution in [3.63, 3.8) is 0 Å². The van der Waals surface area contributed by atoms with Crippen LogP contribution in [0.25, 0.3) is 0 Å². The number of rotatable bonds is 1. The van der Waals surface area contributed by atoms with Crippen LogP contribution >= 0.6 is 0 Å². The molecule has 2 heterocycles. The molecule has 74 valence electrons. The topological polar surface area (TPSA) is 41.5 Å². The molecule has 0 radical (unpaired) electrons. The van der Waals surface area contributed by atoms with Gasteiger partial charge in [0, 0.05) is 17.7 Å². The molecule has 0 spiro atoms. The molecule has 2 bridgehead atoms.